The number of rotatable bonds is 9. The summed E-state index contributed by atoms with van der Waals surface area (Å²) in [6.45, 7) is 6.64. The molecule has 0 heterocycles. The van der Waals surface area contributed by atoms with Crippen molar-refractivity contribution in [3.8, 4) is 0 Å². The van der Waals surface area contributed by atoms with E-state index in [2.05, 4.69) is 5.32 Å². The van der Waals surface area contributed by atoms with Gasteiger partial charge in [0.25, 0.3) is 0 Å². The van der Waals surface area contributed by atoms with Crippen molar-refractivity contribution < 1.29 is 18.0 Å². The fourth-order valence-corrected chi connectivity index (χ4v) is 4.67. The highest BCUT2D eigenvalue weighted by molar-refractivity contribution is 7.89. The molecular formula is C23H29Cl2N3O4S. The molecule has 10 heteroatoms. The van der Waals surface area contributed by atoms with E-state index in [-0.39, 0.29) is 23.4 Å². The third-order valence-corrected chi connectivity index (χ3v) is 7.45. The van der Waals surface area contributed by atoms with E-state index in [0.29, 0.717) is 15.6 Å². The van der Waals surface area contributed by atoms with Gasteiger partial charge >= 0.3 is 0 Å². The molecule has 0 fully saturated rings. The lowest BCUT2D eigenvalue weighted by Gasteiger charge is -2.31. The molecule has 0 aliphatic carbocycles. The van der Waals surface area contributed by atoms with Crippen molar-refractivity contribution in [3.63, 3.8) is 0 Å². The van der Waals surface area contributed by atoms with Gasteiger partial charge in [-0.15, -0.1) is 0 Å². The molecular weight excluding hydrogens is 485 g/mol. The van der Waals surface area contributed by atoms with Gasteiger partial charge in [0.05, 0.1) is 11.4 Å². The van der Waals surface area contributed by atoms with Crippen LogP contribution in [0.25, 0.3) is 0 Å². The van der Waals surface area contributed by atoms with Crippen LogP contribution in [0.15, 0.2) is 47.4 Å². The minimum atomic E-state index is -3.89. The summed E-state index contributed by atoms with van der Waals surface area (Å²) in [6.07, 6.45) is 0. The summed E-state index contributed by atoms with van der Waals surface area (Å²) in [6, 6.07) is 10.2. The van der Waals surface area contributed by atoms with E-state index in [1.165, 1.54) is 24.1 Å². The number of nitrogens with one attached hydrogen (secondary N) is 1. The highest BCUT2D eigenvalue weighted by Crippen LogP contribution is 2.24. The smallest absolute Gasteiger partial charge is 0.243 e. The number of carbonyl (C=O) groups is 2. The first-order valence-corrected chi connectivity index (χ1v) is 12.6. The third kappa shape index (κ3) is 7.17. The summed E-state index contributed by atoms with van der Waals surface area (Å²) >= 11 is 12.3. The van der Waals surface area contributed by atoms with Gasteiger partial charge in [0.1, 0.15) is 6.04 Å². The lowest BCUT2D eigenvalue weighted by Crippen LogP contribution is -2.51. The predicted octanol–water partition coefficient (Wildman–Crippen LogP) is 3.86. The molecule has 2 rings (SSSR count). The second-order valence-electron chi connectivity index (χ2n) is 8.17. The van der Waals surface area contributed by atoms with Crippen molar-refractivity contribution in [3.05, 3.63) is 63.6 Å². The van der Waals surface area contributed by atoms with Crippen LogP contribution in [-0.2, 0) is 26.2 Å². The summed E-state index contributed by atoms with van der Waals surface area (Å²) < 4.78 is 26.9. The SMILES string of the molecule is Cc1ccc(S(=O)(=O)N(C)CC(=O)N(Cc2ccc(Cl)cc2Cl)[C@H](C)C(=O)NC(C)C)cc1. The first-order chi connectivity index (χ1) is 15.3. The molecule has 0 spiro atoms. The van der Waals surface area contributed by atoms with E-state index in [4.69, 9.17) is 23.2 Å². The van der Waals surface area contributed by atoms with Gasteiger partial charge in [-0.1, -0.05) is 47.0 Å². The quantitative estimate of drug-likeness (QED) is 0.551. The van der Waals surface area contributed by atoms with Crippen LogP contribution in [0.2, 0.25) is 10.0 Å². The van der Waals surface area contributed by atoms with Crippen LogP contribution in [0.3, 0.4) is 0 Å². The van der Waals surface area contributed by atoms with Gasteiger partial charge in [-0.3, -0.25) is 9.59 Å². The predicted molar refractivity (Wildman–Crippen MR) is 131 cm³/mol. The van der Waals surface area contributed by atoms with Crippen molar-refractivity contribution in [1.82, 2.24) is 14.5 Å². The maximum Gasteiger partial charge on any atom is 0.243 e. The molecule has 1 N–H and O–H groups in total. The van der Waals surface area contributed by atoms with E-state index >= 15 is 0 Å². The Morgan fingerprint density at radius 3 is 2.18 bits per heavy atom. The van der Waals surface area contributed by atoms with Crippen LogP contribution in [0.1, 0.15) is 31.9 Å². The van der Waals surface area contributed by atoms with Crippen LogP contribution < -0.4 is 5.32 Å². The van der Waals surface area contributed by atoms with Crippen molar-refractivity contribution >= 4 is 45.0 Å². The van der Waals surface area contributed by atoms with Crippen LogP contribution in [0, 0.1) is 6.92 Å². The number of sulfonamides is 1. The van der Waals surface area contributed by atoms with Crippen molar-refractivity contribution in [2.24, 2.45) is 0 Å². The Morgan fingerprint density at radius 1 is 1.03 bits per heavy atom. The summed E-state index contributed by atoms with van der Waals surface area (Å²) in [5.41, 5.74) is 1.51. The molecule has 0 bridgehead atoms. The zero-order chi connectivity index (χ0) is 24.9. The number of halogens is 2. The summed E-state index contributed by atoms with van der Waals surface area (Å²) in [5.74, 6) is -0.891. The zero-order valence-corrected chi connectivity index (χ0v) is 21.6. The molecule has 2 aromatic carbocycles. The molecule has 0 radical (unpaired) electrons. The van der Waals surface area contributed by atoms with Gasteiger partial charge in [0, 0.05) is 29.7 Å². The average molecular weight is 514 g/mol. The van der Waals surface area contributed by atoms with Crippen LogP contribution >= 0.6 is 23.2 Å². The Morgan fingerprint density at radius 2 is 1.64 bits per heavy atom. The molecule has 2 amide bonds. The topological polar surface area (TPSA) is 86.8 Å². The molecule has 0 aliphatic rings. The molecule has 180 valence electrons. The number of benzene rings is 2. The van der Waals surface area contributed by atoms with Crippen LogP contribution in [-0.4, -0.2) is 55.1 Å². The highest BCUT2D eigenvalue weighted by atomic mass is 35.5. The van der Waals surface area contributed by atoms with E-state index in [0.717, 1.165) is 9.87 Å². The number of likely N-dealkylation sites (N-methyl/N-ethyl adjacent to an activating group) is 1. The van der Waals surface area contributed by atoms with Gasteiger partial charge in [-0.2, -0.15) is 4.31 Å². The van der Waals surface area contributed by atoms with E-state index in [9.17, 15) is 18.0 Å². The van der Waals surface area contributed by atoms with E-state index in [1.54, 1.807) is 37.3 Å². The minimum Gasteiger partial charge on any atom is -0.352 e. The first kappa shape index (κ1) is 27.1. The Kier molecular flexibility index (Phi) is 9.31. The molecule has 0 unspecified atom stereocenters. The molecule has 0 aliphatic heterocycles. The second-order valence-corrected chi connectivity index (χ2v) is 11.1. The number of nitrogens with zero attached hydrogens (tertiary/aromatic N) is 2. The molecule has 0 saturated carbocycles. The monoisotopic (exact) mass is 513 g/mol. The molecule has 1 atom stereocenters. The second kappa shape index (κ2) is 11.3. The van der Waals surface area contributed by atoms with Crippen LogP contribution in [0.5, 0.6) is 0 Å². The summed E-state index contributed by atoms with van der Waals surface area (Å²) in [5, 5.41) is 3.57. The fourth-order valence-electron chi connectivity index (χ4n) is 3.08. The number of hydrogen-bond acceptors (Lipinski definition) is 4. The lowest BCUT2D eigenvalue weighted by molar-refractivity contribution is -0.140. The Balaban J connectivity index is 2.31. The van der Waals surface area contributed by atoms with Crippen molar-refractivity contribution in [2.75, 3.05) is 13.6 Å². The van der Waals surface area contributed by atoms with Crippen LogP contribution in [0.4, 0.5) is 0 Å². The van der Waals surface area contributed by atoms with Gasteiger partial charge in [0.2, 0.25) is 21.8 Å². The van der Waals surface area contributed by atoms with E-state index < -0.39 is 28.5 Å². The number of hydrogen-bond donors (Lipinski definition) is 1. The maximum absolute atomic E-state index is 13.3. The Labute approximate surface area is 205 Å². The highest BCUT2D eigenvalue weighted by Gasteiger charge is 2.30. The standard InChI is InChI=1S/C23H29Cl2N3O4S/c1-15(2)26-23(30)17(4)28(13-18-8-9-19(24)12-21(18)25)22(29)14-27(5)33(31,32)20-10-6-16(3)7-11-20/h6-12,15,17H,13-14H2,1-5H3,(H,26,30)/t17-/m1/s1. The maximum atomic E-state index is 13.3. The first-order valence-electron chi connectivity index (χ1n) is 10.4. The fraction of sp³-hybridized carbons (Fsp3) is 0.391. The zero-order valence-electron chi connectivity index (χ0n) is 19.3. The molecule has 7 nitrogen and oxygen atoms in total. The molecule has 2 aromatic rings. The third-order valence-electron chi connectivity index (χ3n) is 5.04. The van der Waals surface area contributed by atoms with Crippen molar-refractivity contribution in [2.45, 2.75) is 51.2 Å². The van der Waals surface area contributed by atoms with Gasteiger partial charge in [-0.25, -0.2) is 8.42 Å². The molecule has 0 saturated heterocycles. The Hall–Kier alpha value is -2.13. The molecule has 33 heavy (non-hydrogen) atoms. The van der Waals surface area contributed by atoms with Crippen molar-refractivity contribution in [1.29, 1.82) is 0 Å². The van der Waals surface area contributed by atoms with Gasteiger partial charge < -0.3 is 10.2 Å². The summed E-state index contributed by atoms with van der Waals surface area (Å²) in [4.78, 5) is 27.3. The number of aryl methyl sites for hydroxylation is 1. The largest absolute Gasteiger partial charge is 0.352 e. The van der Waals surface area contributed by atoms with Gasteiger partial charge in [-0.05, 0) is 57.5 Å². The normalized spacial score (nSPS) is 12.6. The summed E-state index contributed by atoms with van der Waals surface area (Å²) in [7, 11) is -2.56. The minimum absolute atomic E-state index is 0.0138. The van der Waals surface area contributed by atoms with Gasteiger partial charge in [0.15, 0.2) is 0 Å². The average Bonchev–Trinajstić information content (AvgIpc) is 2.72. The number of amides is 2. The molecule has 0 aromatic heterocycles. The van der Waals surface area contributed by atoms with E-state index in [1.807, 2.05) is 20.8 Å². The Bertz CT molecular complexity index is 1110. The lowest BCUT2D eigenvalue weighted by atomic mass is 10.1. The number of carbonyl (C=O) groups excluding carboxylic acids is 2.